The largest absolute Gasteiger partial charge is 0.464 e. The van der Waals surface area contributed by atoms with Gasteiger partial charge in [-0.05, 0) is 55.2 Å². The maximum absolute atomic E-state index is 13.7. The lowest BCUT2D eigenvalue weighted by Gasteiger charge is -2.48. The van der Waals surface area contributed by atoms with Gasteiger partial charge >= 0.3 is 11.9 Å². The van der Waals surface area contributed by atoms with Gasteiger partial charge < -0.3 is 25.0 Å². The molecular formula is C31H35NO7. The highest BCUT2D eigenvalue weighted by atomic mass is 16.6. The first-order chi connectivity index (χ1) is 18.4. The van der Waals surface area contributed by atoms with Gasteiger partial charge in [0, 0.05) is 11.5 Å². The van der Waals surface area contributed by atoms with E-state index in [2.05, 4.69) is 19.2 Å². The van der Waals surface area contributed by atoms with Crippen molar-refractivity contribution in [2.75, 3.05) is 6.61 Å². The number of hydrogen-bond acceptors (Lipinski definition) is 7. The summed E-state index contributed by atoms with van der Waals surface area (Å²) >= 11 is 0. The molecule has 8 atom stereocenters. The van der Waals surface area contributed by atoms with E-state index < -0.39 is 52.5 Å². The molecule has 8 heteroatoms. The van der Waals surface area contributed by atoms with Crippen molar-refractivity contribution in [2.24, 2.45) is 28.1 Å². The van der Waals surface area contributed by atoms with Crippen molar-refractivity contribution < 1.29 is 34.1 Å². The minimum Gasteiger partial charge on any atom is -0.464 e. The van der Waals surface area contributed by atoms with E-state index in [1.165, 1.54) is 0 Å². The van der Waals surface area contributed by atoms with E-state index >= 15 is 0 Å². The fraction of sp³-hybridized carbons (Fsp3) is 0.516. The molecule has 8 nitrogen and oxygen atoms in total. The molecule has 2 aromatic carbocycles. The second-order valence-corrected chi connectivity index (χ2v) is 12.8. The van der Waals surface area contributed by atoms with E-state index in [0.29, 0.717) is 30.4 Å². The number of benzene rings is 2. The summed E-state index contributed by atoms with van der Waals surface area (Å²) in [5, 5.41) is 25.9. The molecule has 0 radical (unpaired) electrons. The molecule has 4 aliphatic rings. The van der Waals surface area contributed by atoms with Crippen LogP contribution in [0.4, 0.5) is 0 Å². The summed E-state index contributed by atoms with van der Waals surface area (Å²) in [6.45, 7) is 6.05. The maximum atomic E-state index is 13.7. The van der Waals surface area contributed by atoms with Crippen LogP contribution >= 0.6 is 0 Å². The zero-order chi connectivity index (χ0) is 27.8. The first kappa shape index (κ1) is 26.0. The Morgan fingerprint density at radius 2 is 1.67 bits per heavy atom. The van der Waals surface area contributed by atoms with Crippen molar-refractivity contribution in [3.05, 3.63) is 71.8 Å². The number of cyclic esters (lactones) is 1. The Bertz CT molecular complexity index is 1310. The highest BCUT2D eigenvalue weighted by Gasteiger charge is 2.91. The van der Waals surface area contributed by atoms with Gasteiger partial charge in [0.2, 0.25) is 0 Å². The van der Waals surface area contributed by atoms with E-state index in [0.717, 1.165) is 0 Å². The molecule has 1 saturated heterocycles. The third-order valence-electron chi connectivity index (χ3n) is 9.99. The van der Waals surface area contributed by atoms with E-state index in [-0.39, 0.29) is 23.9 Å². The van der Waals surface area contributed by atoms with Crippen molar-refractivity contribution in [2.45, 2.75) is 63.9 Å². The van der Waals surface area contributed by atoms with E-state index in [1.807, 2.05) is 6.07 Å². The molecule has 3 N–H and O–H groups in total. The van der Waals surface area contributed by atoms with Gasteiger partial charge in [0.15, 0.2) is 6.10 Å². The van der Waals surface area contributed by atoms with Crippen LogP contribution in [0.25, 0.3) is 0 Å². The van der Waals surface area contributed by atoms with Gasteiger partial charge in [-0.15, -0.1) is 0 Å². The molecule has 3 saturated carbocycles. The predicted molar refractivity (Wildman–Crippen MR) is 140 cm³/mol. The lowest BCUT2D eigenvalue weighted by molar-refractivity contribution is -0.193. The van der Waals surface area contributed by atoms with Crippen LogP contribution in [0, 0.1) is 28.1 Å². The van der Waals surface area contributed by atoms with Gasteiger partial charge in [-0.1, -0.05) is 62.4 Å². The van der Waals surface area contributed by atoms with Gasteiger partial charge in [0.25, 0.3) is 5.91 Å². The smallest absolute Gasteiger partial charge is 0.337 e. The third kappa shape index (κ3) is 3.68. The number of rotatable bonds is 6. The molecule has 0 bridgehead atoms. The van der Waals surface area contributed by atoms with E-state index in [4.69, 9.17) is 9.47 Å². The Morgan fingerprint density at radius 1 is 1.03 bits per heavy atom. The molecule has 3 aliphatic carbocycles. The number of ether oxygens (including phenoxy) is 2. The van der Waals surface area contributed by atoms with Gasteiger partial charge in [0.1, 0.15) is 18.1 Å². The molecule has 1 aliphatic heterocycles. The van der Waals surface area contributed by atoms with Crippen molar-refractivity contribution >= 4 is 17.8 Å². The lowest BCUT2D eigenvalue weighted by Crippen LogP contribution is -2.59. The molecule has 2 aromatic rings. The van der Waals surface area contributed by atoms with Gasteiger partial charge in [0.05, 0.1) is 17.1 Å². The van der Waals surface area contributed by atoms with Crippen LogP contribution in [0.5, 0.6) is 0 Å². The normalized spacial score (nSPS) is 36.9. The summed E-state index contributed by atoms with van der Waals surface area (Å²) in [5.41, 5.74) is -2.38. The molecule has 0 aromatic heterocycles. The Kier molecular flexibility index (Phi) is 5.76. The first-order valence-corrected chi connectivity index (χ1v) is 13.6. The minimum atomic E-state index is -1.70. The summed E-state index contributed by atoms with van der Waals surface area (Å²) in [4.78, 5) is 39.7. The summed E-state index contributed by atoms with van der Waals surface area (Å²) < 4.78 is 11.6. The highest BCUT2D eigenvalue weighted by molar-refractivity contribution is 5.95. The first-order valence-electron chi connectivity index (χ1n) is 13.6. The number of carbonyl (C=O) groups excluding carboxylic acids is 3. The Labute approximate surface area is 227 Å². The molecule has 39 heavy (non-hydrogen) atoms. The van der Waals surface area contributed by atoms with Crippen LogP contribution in [0.3, 0.4) is 0 Å². The van der Waals surface area contributed by atoms with Crippen molar-refractivity contribution in [3.63, 3.8) is 0 Å². The summed E-state index contributed by atoms with van der Waals surface area (Å²) in [7, 11) is 0. The zero-order valence-corrected chi connectivity index (χ0v) is 22.4. The predicted octanol–water partition coefficient (Wildman–Crippen LogP) is 3.18. The second kappa shape index (κ2) is 8.63. The third-order valence-corrected chi connectivity index (χ3v) is 9.99. The molecule has 4 fully saturated rings. The molecule has 1 heterocycles. The van der Waals surface area contributed by atoms with Crippen molar-refractivity contribution in [1.29, 1.82) is 0 Å². The van der Waals surface area contributed by atoms with Crippen LogP contribution in [0.15, 0.2) is 60.7 Å². The van der Waals surface area contributed by atoms with E-state index in [9.17, 15) is 24.6 Å². The SMILES string of the molecule is CC1(C)C[C@H]2[C@H](OC(=O)[C@H](O)[C@@H](NC(=O)c3ccccc3)c3ccccc3)[C@]34COC(=O)[C@]3(C4)[C@@](C)(O)[C@H]2C1. The maximum Gasteiger partial charge on any atom is 0.337 e. The lowest BCUT2D eigenvalue weighted by atomic mass is 9.60. The molecule has 0 spiro atoms. The molecule has 206 valence electrons. The number of carbonyl (C=O) groups is 3. The second-order valence-electron chi connectivity index (χ2n) is 12.8. The fourth-order valence-corrected chi connectivity index (χ4v) is 8.13. The summed E-state index contributed by atoms with van der Waals surface area (Å²) in [6.07, 6.45) is -0.607. The number of esters is 2. The summed E-state index contributed by atoms with van der Waals surface area (Å²) in [6, 6.07) is 16.3. The van der Waals surface area contributed by atoms with Gasteiger partial charge in [-0.3, -0.25) is 9.59 Å². The Morgan fingerprint density at radius 3 is 2.33 bits per heavy atom. The van der Waals surface area contributed by atoms with Crippen LogP contribution in [-0.2, 0) is 19.1 Å². The van der Waals surface area contributed by atoms with Crippen LogP contribution < -0.4 is 5.32 Å². The fourth-order valence-electron chi connectivity index (χ4n) is 8.13. The number of nitrogens with one attached hydrogen (secondary N) is 1. The Balaban J connectivity index is 1.30. The van der Waals surface area contributed by atoms with Crippen LogP contribution in [0.2, 0.25) is 0 Å². The number of aliphatic hydroxyl groups excluding tert-OH is 1. The quantitative estimate of drug-likeness (QED) is 0.488. The average Bonchev–Trinajstić information content (AvgIpc) is 3.40. The number of hydrogen-bond donors (Lipinski definition) is 3. The highest BCUT2D eigenvalue weighted by Crippen LogP contribution is 2.82. The van der Waals surface area contributed by atoms with Crippen LogP contribution in [-0.4, -0.2) is 52.5 Å². The summed E-state index contributed by atoms with van der Waals surface area (Å²) in [5.74, 6) is -2.19. The van der Waals surface area contributed by atoms with Gasteiger partial charge in [-0.2, -0.15) is 0 Å². The molecule has 1 amide bonds. The van der Waals surface area contributed by atoms with Gasteiger partial charge in [-0.25, -0.2) is 4.79 Å². The number of fused-ring (bicyclic) bond motifs is 1. The molecule has 6 rings (SSSR count). The standard InChI is InChI=1S/C31H35NO7/c1-28(2)14-20-21(15-28)29(3,37)31-16-30(31,17-38-27(31)36)24(20)39-26(35)23(33)22(18-10-6-4-7-11-18)32-25(34)19-12-8-5-9-13-19/h4-13,20-24,33,37H,14-17H2,1-3H3,(H,32,34)/t20-,21+,22+,23-,24+,29+,30+,31-/m1/s1. The zero-order valence-electron chi connectivity index (χ0n) is 22.4. The number of amides is 1. The van der Waals surface area contributed by atoms with Crippen molar-refractivity contribution in [3.8, 4) is 0 Å². The minimum absolute atomic E-state index is 0.0759. The van der Waals surface area contributed by atoms with E-state index in [1.54, 1.807) is 61.5 Å². The monoisotopic (exact) mass is 533 g/mol. The van der Waals surface area contributed by atoms with Crippen LogP contribution in [0.1, 0.15) is 62.0 Å². The average molecular weight is 534 g/mol. The van der Waals surface area contributed by atoms with Crippen molar-refractivity contribution in [1.82, 2.24) is 5.32 Å². The topological polar surface area (TPSA) is 122 Å². The Hall–Kier alpha value is -3.23. The molecule has 0 unspecified atom stereocenters. The number of aliphatic hydroxyl groups is 2. The molecular weight excluding hydrogens is 498 g/mol.